The summed E-state index contributed by atoms with van der Waals surface area (Å²) in [5, 5.41) is 48.7. The van der Waals surface area contributed by atoms with Crippen LogP contribution in [0.3, 0.4) is 0 Å². The van der Waals surface area contributed by atoms with E-state index in [0.29, 0.717) is 17.1 Å². The van der Waals surface area contributed by atoms with Gasteiger partial charge in [0.05, 0.1) is 75.1 Å². The summed E-state index contributed by atoms with van der Waals surface area (Å²) in [6, 6.07) is 2.97. The molecule has 748 valence electrons. The van der Waals surface area contributed by atoms with Gasteiger partial charge in [-0.3, -0.25) is 72.3 Å². The second-order valence-electron chi connectivity index (χ2n) is 33.6. The number of nitrogens with one attached hydrogen (secondary N) is 13. The summed E-state index contributed by atoms with van der Waals surface area (Å²) < 4.78 is 126. The number of hydrogen-bond donors (Lipinski definition) is 17. The Labute approximate surface area is 798 Å². The first-order chi connectivity index (χ1) is 64.6. The maximum Gasteiger partial charge on any atom is 0.305 e. The van der Waals surface area contributed by atoms with Gasteiger partial charge in [-0.1, -0.05) is 103 Å². The summed E-state index contributed by atoms with van der Waals surface area (Å²) in [5.74, 6) is -20.7. The van der Waals surface area contributed by atoms with Crippen LogP contribution in [0.5, 0.6) is 5.75 Å². The van der Waals surface area contributed by atoms with Crippen molar-refractivity contribution in [1.82, 2.24) is 63.8 Å². The first kappa shape index (κ1) is 112. The average molecular weight is 1990 g/mol. The molecule has 2 fully saturated rings. The molecule has 3 aromatic carbocycles. The number of thioether (sulfide) groups is 1. The summed E-state index contributed by atoms with van der Waals surface area (Å²) in [7, 11) is 1.09. The van der Waals surface area contributed by atoms with Crippen LogP contribution in [0.2, 0.25) is 0 Å². The molecule has 0 saturated carbocycles. The molecule has 8 atom stereocenters. The Morgan fingerprint density at radius 1 is 0.640 bits per heavy atom. The van der Waals surface area contributed by atoms with E-state index in [1.165, 1.54) is 11.5 Å². The molecule has 7 rings (SSSR count). The number of benzene rings is 3. The standard InChI is InChI=1S/C89H123F4N17O22S4/c1-88(2,3)67-44-55(57-29-28-56(109(5)6)45-65(57)132-67)23-12-8-13-26-66-89(4,30-16-19-42-136(125,126)127)74-75(90)76(91)77(92)78(93)79(74)110(66)35-18-9-14-27-69(112)97-31-17-15-24-59-82(120)107-63-51-134-135-52-64(108-84(122)61(46-73(116)117)103-70(113)47-101-80(118)58(104-85(63)123)25-20-32-100-87(95)96)86(124)105-60(43-54-21-10-7-11-22-54)83(121)106-62(50-133-53-72(115)102-59)81(119)99-34-37-129-39-41-130-40-38-128-36-33-98-71(114)49-131-48-68(94)111/h7-8,10-13,21-23,26,28-29,44-45,58-64H,9,14-20,24-25,27,30-43,46-53H2,1-6H3,(H18-,94,95,96,97,98,99,100,101,102,103,104,105,106,107,108,111,112,113,114,115,116,117,118,119,120,121,122,123,124,125,126,127)/p+1/t58-,59-,60-,61-,62-,63-,64-,89?/m0/s1. The minimum atomic E-state index is -4.45. The third kappa shape index (κ3) is 37.7. The molecule has 47 heteroatoms. The lowest BCUT2D eigenvalue weighted by molar-refractivity contribution is -0.441. The summed E-state index contributed by atoms with van der Waals surface area (Å²) in [4.78, 5) is 180. The quantitative estimate of drug-likeness (QED) is 0.00369. The highest BCUT2D eigenvalue weighted by Crippen LogP contribution is 2.48. The van der Waals surface area contributed by atoms with E-state index in [9.17, 15) is 80.4 Å². The van der Waals surface area contributed by atoms with Crippen LogP contribution in [0.25, 0.3) is 5.57 Å². The van der Waals surface area contributed by atoms with Crippen molar-refractivity contribution in [2.75, 3.05) is 140 Å². The van der Waals surface area contributed by atoms with Crippen LogP contribution in [0.1, 0.15) is 128 Å². The lowest BCUT2D eigenvalue weighted by Crippen LogP contribution is -2.60. The van der Waals surface area contributed by atoms with Gasteiger partial charge >= 0.3 is 5.97 Å². The number of hydrogen-bond acceptors (Lipinski definition) is 25. The van der Waals surface area contributed by atoms with Gasteiger partial charge in [0.25, 0.3) is 15.8 Å². The number of carbonyl (C=O) groups excluding carboxylic acids is 12. The highest BCUT2D eigenvalue weighted by atomic mass is 33.1. The molecule has 4 aliphatic rings. The van der Waals surface area contributed by atoms with E-state index in [0.717, 1.165) is 50.2 Å². The number of nitrogens with two attached hydrogens (primary N) is 2. The molecular formula is C89H124F4N17O22S4+. The maximum atomic E-state index is 16.5. The van der Waals surface area contributed by atoms with E-state index >= 15 is 17.6 Å². The van der Waals surface area contributed by atoms with Crippen LogP contribution in [-0.4, -0.2) is 288 Å². The Kier molecular flexibility index (Phi) is 46.4. The Morgan fingerprint density at radius 3 is 1.90 bits per heavy atom. The zero-order chi connectivity index (χ0) is 99.7. The number of primary amides is 1. The van der Waals surface area contributed by atoms with Crippen LogP contribution >= 0.6 is 33.3 Å². The topological polar surface area (TPSA) is 569 Å². The van der Waals surface area contributed by atoms with Gasteiger partial charge in [0.15, 0.2) is 23.3 Å². The third-order valence-electron chi connectivity index (χ3n) is 21.5. The molecule has 0 radical (unpaired) electrons. The summed E-state index contributed by atoms with van der Waals surface area (Å²) in [5.41, 5.74) is 10.7. The molecule has 4 heterocycles. The number of anilines is 1. The predicted octanol–water partition coefficient (Wildman–Crippen LogP) is 2.51. The van der Waals surface area contributed by atoms with E-state index in [1.54, 1.807) is 54.6 Å². The van der Waals surface area contributed by atoms with Gasteiger partial charge in [0.2, 0.25) is 82.5 Å². The van der Waals surface area contributed by atoms with Crippen molar-refractivity contribution in [3.05, 3.63) is 131 Å². The molecule has 2 bridgehead atoms. The Hall–Kier alpha value is -11.2. The van der Waals surface area contributed by atoms with Crippen LogP contribution in [0, 0.1) is 34.1 Å². The predicted molar refractivity (Wildman–Crippen MR) is 503 cm³/mol. The molecule has 0 aromatic heterocycles. The number of guanidine groups is 1. The fourth-order valence-electron chi connectivity index (χ4n) is 14.5. The number of ether oxygens (including phenoxy) is 5. The molecular weight excluding hydrogens is 1860 g/mol. The summed E-state index contributed by atoms with van der Waals surface area (Å²) in [6.07, 6.45) is 9.45. The van der Waals surface area contributed by atoms with Crippen LogP contribution in [0.15, 0.2) is 90.7 Å². The molecule has 39 nitrogen and oxygen atoms in total. The minimum Gasteiger partial charge on any atom is -0.481 e. The van der Waals surface area contributed by atoms with Gasteiger partial charge in [-0.15, -0.1) is 11.8 Å². The normalized spacial score (nSPS) is 20.6. The van der Waals surface area contributed by atoms with Gasteiger partial charge in [0, 0.05) is 106 Å². The van der Waals surface area contributed by atoms with Crippen LogP contribution < -0.4 is 84.9 Å². The van der Waals surface area contributed by atoms with E-state index in [-0.39, 0.29) is 185 Å². The van der Waals surface area contributed by atoms with Crippen molar-refractivity contribution >= 4 is 149 Å². The molecule has 0 spiro atoms. The number of carboxylic acid groups (broad SMARTS) is 1. The number of amides is 12. The maximum absolute atomic E-state index is 16.5. The number of fused-ring (bicyclic) bond motifs is 7. The number of halogens is 4. The monoisotopic (exact) mass is 1990 g/mol. The van der Waals surface area contributed by atoms with Gasteiger partial charge in [-0.2, -0.15) is 17.4 Å². The molecule has 136 heavy (non-hydrogen) atoms. The first-order valence-corrected chi connectivity index (χ1v) is 49.6. The van der Waals surface area contributed by atoms with Crippen molar-refractivity contribution in [3.8, 4) is 5.75 Å². The number of allylic oxidation sites excluding steroid dienone is 8. The third-order valence-corrected chi connectivity index (χ3v) is 25.8. The van der Waals surface area contributed by atoms with E-state index in [2.05, 4.69) is 63.8 Å². The van der Waals surface area contributed by atoms with Crippen molar-refractivity contribution in [2.24, 2.45) is 16.9 Å². The van der Waals surface area contributed by atoms with E-state index < -0.39 is 212 Å². The summed E-state index contributed by atoms with van der Waals surface area (Å²) >= 11 is 0.842. The second-order valence-corrected chi connectivity index (χ2v) is 38.8. The highest BCUT2D eigenvalue weighted by Gasteiger charge is 2.53. The highest BCUT2D eigenvalue weighted by molar-refractivity contribution is 8.76. The number of aliphatic carboxylic acids is 1. The van der Waals surface area contributed by atoms with Crippen molar-refractivity contribution in [1.29, 1.82) is 5.41 Å². The molecule has 1 unspecified atom stereocenters. The van der Waals surface area contributed by atoms with Crippen molar-refractivity contribution in [3.63, 3.8) is 0 Å². The fraction of sp³-hybridized carbons (Fsp3) is 0.539. The molecule has 19 N–H and O–H groups in total. The molecule has 0 aliphatic carbocycles. The smallest absolute Gasteiger partial charge is 0.305 e. The van der Waals surface area contributed by atoms with Gasteiger partial charge in [-0.05, 0) is 94.1 Å². The second kappa shape index (κ2) is 56.5. The SMILES string of the molecule is CN(C)c1ccc2c(c1)OC(C(C)(C)C)=C\C2=C/C=C/C=C/C1=[N+](CCCCCC(=O)NCCCC[C@@H]2NC(=O)CSC[C@@H](C(=O)NCCOCCOCCOCCNC(=O)COCC(N)=O)NC(=O)[C@H](Cc3ccccc3)NC(=O)[C@@H]3CSSC[C@H](NC2=O)C(=O)N[C@@H](CCCNC(=N)N)C(=O)NCC(=O)N[C@@H](CC(=O)O)C(=O)N3)c2c(F)c(F)c(F)c(F)c2C1(C)CCCCS(=O)(=O)O. The lowest BCUT2D eigenvalue weighted by Gasteiger charge is -2.29. The van der Waals surface area contributed by atoms with Gasteiger partial charge < -0.3 is 109 Å². The number of carbonyl (C=O) groups is 13. The van der Waals surface area contributed by atoms with Crippen molar-refractivity contribution in [2.45, 2.75) is 165 Å². The van der Waals surface area contributed by atoms with E-state index in [1.807, 2.05) is 70.1 Å². The molecule has 3 aromatic rings. The van der Waals surface area contributed by atoms with E-state index in [4.69, 9.17) is 40.6 Å². The fourth-order valence-corrected chi connectivity index (χ4v) is 18.2. The van der Waals surface area contributed by atoms with Crippen LogP contribution in [0.4, 0.5) is 28.9 Å². The summed E-state index contributed by atoms with van der Waals surface area (Å²) in [6.45, 7) is 6.33. The average Bonchev–Trinajstić information content (AvgIpc) is 1.55. The Morgan fingerprint density at radius 2 is 1.25 bits per heavy atom. The zero-order valence-electron chi connectivity index (χ0n) is 76.7. The molecule has 4 aliphatic heterocycles. The number of unbranched alkanes of at least 4 members (excludes halogenated alkanes) is 4. The number of nitrogens with zero attached hydrogens (tertiary/aromatic N) is 2. The molecule has 2 saturated heterocycles. The van der Waals surface area contributed by atoms with Crippen LogP contribution in [-0.2, 0) is 103 Å². The Balaban J connectivity index is 1.10. The van der Waals surface area contributed by atoms with Gasteiger partial charge in [-0.25, -0.2) is 13.2 Å². The number of carboxylic acids is 1. The minimum absolute atomic E-state index is 0.00416. The first-order valence-electron chi connectivity index (χ1n) is 44.3. The van der Waals surface area contributed by atoms with Crippen molar-refractivity contribution < 1.29 is 126 Å². The largest absolute Gasteiger partial charge is 0.481 e. The number of rotatable bonds is 45. The Bertz CT molecular complexity index is 4990. The lowest BCUT2D eigenvalue weighted by atomic mass is 9.75. The van der Waals surface area contributed by atoms with Gasteiger partial charge in [0.1, 0.15) is 73.6 Å². The zero-order valence-corrected chi connectivity index (χ0v) is 80.0. The molecule has 12 amide bonds.